The first kappa shape index (κ1) is 14.5. The topological polar surface area (TPSA) is 109 Å². The van der Waals surface area contributed by atoms with E-state index < -0.39 is 23.0 Å². The van der Waals surface area contributed by atoms with Crippen LogP contribution in [0.5, 0.6) is 0 Å². The molecule has 3 saturated heterocycles. The molecule has 1 aromatic carbocycles. The van der Waals surface area contributed by atoms with Gasteiger partial charge >= 0.3 is 0 Å². The van der Waals surface area contributed by atoms with Crippen LogP contribution < -0.4 is 4.90 Å². The molecule has 25 heavy (non-hydrogen) atoms. The summed E-state index contributed by atoms with van der Waals surface area (Å²) in [6.07, 6.45) is 1.51. The SMILES string of the molecule is C[C@]12CC[C@](C)(O1)[C@@H]1C(=O)N(c3ccc(C#N)c4nonc34)C(=O)[C@H]12. The van der Waals surface area contributed by atoms with Gasteiger partial charge in [0.25, 0.3) is 0 Å². The lowest BCUT2D eigenvalue weighted by Gasteiger charge is -2.27. The molecule has 0 radical (unpaired) electrons. The Balaban J connectivity index is 1.68. The molecular formula is C17H14N4O4. The summed E-state index contributed by atoms with van der Waals surface area (Å²) in [5.74, 6) is -1.56. The van der Waals surface area contributed by atoms with Crippen molar-refractivity contribution in [3.05, 3.63) is 17.7 Å². The molecule has 0 unspecified atom stereocenters. The van der Waals surface area contributed by atoms with Crippen molar-refractivity contribution in [1.82, 2.24) is 10.3 Å². The number of carbonyl (C=O) groups is 2. The van der Waals surface area contributed by atoms with E-state index in [2.05, 4.69) is 10.3 Å². The normalized spacial score (nSPS) is 36.3. The van der Waals surface area contributed by atoms with Gasteiger partial charge in [0.2, 0.25) is 11.8 Å². The number of anilines is 1. The fraction of sp³-hybridized carbons (Fsp3) is 0.471. The second kappa shape index (κ2) is 4.24. The summed E-state index contributed by atoms with van der Waals surface area (Å²) in [6, 6.07) is 5.07. The van der Waals surface area contributed by atoms with Crippen molar-refractivity contribution in [2.45, 2.75) is 37.9 Å². The Morgan fingerprint density at radius 2 is 1.72 bits per heavy atom. The molecule has 3 aliphatic rings. The first-order chi connectivity index (χ1) is 11.9. The average Bonchev–Trinajstić information content (AvgIpc) is 3.28. The summed E-state index contributed by atoms with van der Waals surface area (Å²) in [6.45, 7) is 3.81. The third-order valence-electron chi connectivity index (χ3n) is 5.96. The van der Waals surface area contributed by atoms with Crippen molar-refractivity contribution >= 4 is 28.5 Å². The van der Waals surface area contributed by atoms with Crippen LogP contribution in [-0.4, -0.2) is 33.3 Å². The van der Waals surface area contributed by atoms with Crippen LogP contribution in [-0.2, 0) is 14.3 Å². The number of carbonyl (C=O) groups excluding carboxylic acids is 2. The predicted octanol–water partition coefficient (Wildman–Crippen LogP) is 1.54. The van der Waals surface area contributed by atoms with E-state index >= 15 is 0 Å². The number of hydrogen-bond acceptors (Lipinski definition) is 7. The van der Waals surface area contributed by atoms with Crippen LogP contribution in [0.4, 0.5) is 5.69 Å². The summed E-state index contributed by atoms with van der Waals surface area (Å²) >= 11 is 0. The predicted molar refractivity (Wildman–Crippen MR) is 83.1 cm³/mol. The zero-order valence-electron chi connectivity index (χ0n) is 13.6. The van der Waals surface area contributed by atoms with E-state index in [9.17, 15) is 9.59 Å². The Kier molecular flexibility index (Phi) is 2.47. The zero-order chi connectivity index (χ0) is 17.6. The molecule has 0 saturated carbocycles. The van der Waals surface area contributed by atoms with E-state index in [0.717, 1.165) is 12.8 Å². The van der Waals surface area contributed by atoms with Gasteiger partial charge in [-0.15, -0.1) is 0 Å². The van der Waals surface area contributed by atoms with Gasteiger partial charge in [-0.2, -0.15) is 5.26 Å². The maximum Gasteiger partial charge on any atom is 0.240 e. The van der Waals surface area contributed by atoms with Crippen molar-refractivity contribution in [1.29, 1.82) is 5.26 Å². The lowest BCUT2D eigenvalue weighted by molar-refractivity contribution is -0.129. The van der Waals surface area contributed by atoms with Gasteiger partial charge in [-0.25, -0.2) is 9.53 Å². The molecule has 2 aromatic rings. The van der Waals surface area contributed by atoms with E-state index in [-0.39, 0.29) is 28.4 Å². The maximum absolute atomic E-state index is 13.1. The Bertz CT molecular complexity index is 974. The molecule has 126 valence electrons. The van der Waals surface area contributed by atoms with Crippen LogP contribution in [0.2, 0.25) is 0 Å². The van der Waals surface area contributed by atoms with Crippen molar-refractivity contribution in [2.75, 3.05) is 4.90 Å². The minimum atomic E-state index is -0.616. The second-order valence-electron chi connectivity index (χ2n) is 7.40. The molecule has 2 bridgehead atoms. The molecular weight excluding hydrogens is 324 g/mol. The fourth-order valence-corrected chi connectivity index (χ4v) is 4.83. The molecule has 2 amide bonds. The third-order valence-corrected chi connectivity index (χ3v) is 5.96. The number of ether oxygens (including phenoxy) is 1. The van der Waals surface area contributed by atoms with Crippen molar-refractivity contribution in [3.8, 4) is 6.07 Å². The number of imide groups is 1. The first-order valence-electron chi connectivity index (χ1n) is 8.13. The average molecular weight is 338 g/mol. The summed E-state index contributed by atoms with van der Waals surface area (Å²) in [4.78, 5) is 27.4. The Labute approximate surface area is 142 Å². The van der Waals surface area contributed by atoms with Gasteiger partial charge < -0.3 is 4.74 Å². The number of benzene rings is 1. The van der Waals surface area contributed by atoms with Crippen LogP contribution in [0.1, 0.15) is 32.3 Å². The maximum atomic E-state index is 13.1. The van der Waals surface area contributed by atoms with Crippen LogP contribution in [0.25, 0.3) is 11.0 Å². The van der Waals surface area contributed by atoms with Crippen LogP contribution in [0.15, 0.2) is 16.8 Å². The highest BCUT2D eigenvalue weighted by atomic mass is 16.6. The number of amides is 2. The third kappa shape index (κ3) is 1.54. The highest BCUT2D eigenvalue weighted by Gasteiger charge is 2.72. The molecule has 3 fully saturated rings. The largest absolute Gasteiger partial charge is 0.367 e. The van der Waals surface area contributed by atoms with Crippen molar-refractivity contribution in [2.24, 2.45) is 11.8 Å². The van der Waals surface area contributed by atoms with Gasteiger partial charge in [0.1, 0.15) is 6.07 Å². The van der Waals surface area contributed by atoms with Gasteiger partial charge in [0.05, 0.1) is 34.3 Å². The number of hydrogen-bond donors (Lipinski definition) is 0. The quantitative estimate of drug-likeness (QED) is 0.725. The highest BCUT2D eigenvalue weighted by molar-refractivity contribution is 6.25. The summed E-state index contributed by atoms with van der Waals surface area (Å²) in [5.41, 5.74) is -0.157. The molecule has 1 aromatic heterocycles. The van der Waals surface area contributed by atoms with E-state index in [4.69, 9.17) is 14.6 Å². The molecule has 0 aliphatic carbocycles. The number of nitriles is 1. The molecule has 8 nitrogen and oxygen atoms in total. The lowest BCUT2D eigenvalue weighted by Crippen LogP contribution is -2.40. The van der Waals surface area contributed by atoms with E-state index in [1.807, 2.05) is 19.9 Å². The van der Waals surface area contributed by atoms with E-state index in [1.165, 1.54) is 11.0 Å². The summed E-state index contributed by atoms with van der Waals surface area (Å²) in [5, 5.41) is 16.7. The van der Waals surface area contributed by atoms with E-state index in [1.54, 1.807) is 6.07 Å². The molecule has 0 N–H and O–H groups in total. The minimum absolute atomic E-state index is 0.240. The fourth-order valence-electron chi connectivity index (χ4n) is 4.83. The summed E-state index contributed by atoms with van der Waals surface area (Å²) in [7, 11) is 0. The number of nitrogens with zero attached hydrogens (tertiary/aromatic N) is 4. The van der Waals surface area contributed by atoms with Crippen LogP contribution in [0.3, 0.4) is 0 Å². The van der Waals surface area contributed by atoms with Crippen LogP contribution >= 0.6 is 0 Å². The Hall–Kier alpha value is -2.79. The van der Waals surface area contributed by atoms with Crippen molar-refractivity contribution in [3.63, 3.8) is 0 Å². The first-order valence-corrected chi connectivity index (χ1v) is 8.13. The van der Waals surface area contributed by atoms with E-state index in [0.29, 0.717) is 5.69 Å². The van der Waals surface area contributed by atoms with Gasteiger partial charge in [0, 0.05) is 0 Å². The summed E-state index contributed by atoms with van der Waals surface area (Å²) < 4.78 is 10.8. The van der Waals surface area contributed by atoms with Gasteiger partial charge in [-0.3, -0.25) is 9.59 Å². The molecule has 8 heteroatoms. The van der Waals surface area contributed by atoms with Crippen molar-refractivity contribution < 1.29 is 19.0 Å². The standard InChI is InChI=1S/C17H14N4O4/c1-16-5-6-17(2,24-16)11-10(16)14(22)21(15(11)23)9-4-3-8(7-18)12-13(9)20-25-19-12/h3-4,10-11H,5-6H2,1-2H3/t10-,11-,16-,17+/m0/s1. The number of fused-ring (bicyclic) bond motifs is 6. The second-order valence-corrected chi connectivity index (χ2v) is 7.40. The molecule has 4 heterocycles. The van der Waals surface area contributed by atoms with Crippen LogP contribution in [0, 0.1) is 23.2 Å². The monoisotopic (exact) mass is 338 g/mol. The molecule has 0 spiro atoms. The van der Waals surface area contributed by atoms with Gasteiger partial charge in [0.15, 0.2) is 11.0 Å². The van der Waals surface area contributed by atoms with Gasteiger partial charge in [-0.1, -0.05) is 0 Å². The molecule has 5 rings (SSSR count). The molecule has 3 aliphatic heterocycles. The lowest BCUT2D eigenvalue weighted by atomic mass is 9.69. The number of rotatable bonds is 1. The molecule has 4 atom stereocenters. The van der Waals surface area contributed by atoms with Gasteiger partial charge in [-0.05, 0) is 49.1 Å². The Morgan fingerprint density at radius 1 is 1.12 bits per heavy atom. The number of aromatic nitrogens is 2. The zero-order valence-corrected chi connectivity index (χ0v) is 13.6. The minimum Gasteiger partial charge on any atom is -0.367 e. The Morgan fingerprint density at radius 3 is 2.32 bits per heavy atom. The highest BCUT2D eigenvalue weighted by Crippen LogP contribution is 2.61. The smallest absolute Gasteiger partial charge is 0.240 e.